The molecular formula is C20H25N5O. The number of benzene rings is 1. The minimum absolute atomic E-state index is 0.0471. The maximum absolute atomic E-state index is 12.4. The molecule has 3 aromatic rings. The monoisotopic (exact) mass is 351 g/mol. The molecule has 0 bridgehead atoms. The van der Waals surface area contributed by atoms with E-state index in [9.17, 15) is 4.79 Å². The number of hydrogen-bond donors (Lipinski definition) is 2. The minimum Gasteiger partial charge on any atom is -0.340 e. The van der Waals surface area contributed by atoms with E-state index in [1.54, 1.807) is 18.1 Å². The molecule has 0 saturated carbocycles. The smallest absolute Gasteiger partial charge is 0.317 e. The minimum atomic E-state index is -0.124. The molecule has 136 valence electrons. The third-order valence-electron chi connectivity index (χ3n) is 4.77. The van der Waals surface area contributed by atoms with Gasteiger partial charge in [0.1, 0.15) is 5.82 Å². The number of carbonyl (C=O) groups excluding carboxylic acids is 1. The van der Waals surface area contributed by atoms with E-state index >= 15 is 0 Å². The van der Waals surface area contributed by atoms with Gasteiger partial charge in [-0.2, -0.15) is 0 Å². The van der Waals surface area contributed by atoms with E-state index in [1.165, 1.54) is 11.1 Å². The van der Waals surface area contributed by atoms with Gasteiger partial charge >= 0.3 is 6.03 Å². The number of rotatable bonds is 5. The van der Waals surface area contributed by atoms with E-state index in [1.807, 2.05) is 25.1 Å². The van der Waals surface area contributed by atoms with Gasteiger partial charge in [0.2, 0.25) is 0 Å². The summed E-state index contributed by atoms with van der Waals surface area (Å²) in [7, 11) is 1.80. The summed E-state index contributed by atoms with van der Waals surface area (Å²) in [5.41, 5.74) is 5.33. The summed E-state index contributed by atoms with van der Waals surface area (Å²) in [6.07, 6.45) is 2.49. The number of nitrogens with zero attached hydrogens (tertiary/aromatic N) is 3. The average Bonchev–Trinajstić information content (AvgIpc) is 3.01. The van der Waals surface area contributed by atoms with E-state index in [2.05, 4.69) is 46.2 Å². The maximum Gasteiger partial charge on any atom is 0.317 e. The number of imidazole rings is 1. The van der Waals surface area contributed by atoms with Gasteiger partial charge in [-0.1, -0.05) is 6.07 Å². The lowest BCUT2D eigenvalue weighted by atomic mass is 10.1. The number of carbonyl (C=O) groups is 1. The van der Waals surface area contributed by atoms with E-state index < -0.39 is 0 Å². The van der Waals surface area contributed by atoms with Crippen molar-refractivity contribution < 1.29 is 4.79 Å². The van der Waals surface area contributed by atoms with Gasteiger partial charge in [-0.15, -0.1) is 0 Å². The van der Waals surface area contributed by atoms with Crippen molar-refractivity contribution in [3.8, 4) is 0 Å². The second kappa shape index (κ2) is 7.56. The van der Waals surface area contributed by atoms with E-state index in [0.29, 0.717) is 13.0 Å². The third-order valence-corrected chi connectivity index (χ3v) is 4.77. The quantitative estimate of drug-likeness (QED) is 0.740. The Balaban J connectivity index is 1.59. The highest BCUT2D eigenvalue weighted by Crippen LogP contribution is 2.17. The zero-order valence-corrected chi connectivity index (χ0v) is 15.7. The molecule has 2 N–H and O–H groups in total. The number of urea groups is 1. The van der Waals surface area contributed by atoms with Crippen LogP contribution in [0, 0.1) is 13.8 Å². The molecule has 2 heterocycles. The fraction of sp³-hybridized carbons (Fsp3) is 0.350. The molecule has 2 amide bonds. The van der Waals surface area contributed by atoms with Crippen molar-refractivity contribution in [2.75, 3.05) is 7.05 Å². The first-order valence-electron chi connectivity index (χ1n) is 8.80. The van der Waals surface area contributed by atoms with Crippen LogP contribution in [0.15, 0.2) is 36.5 Å². The van der Waals surface area contributed by atoms with Crippen molar-refractivity contribution in [3.63, 3.8) is 0 Å². The van der Waals surface area contributed by atoms with Crippen LogP contribution in [0.1, 0.15) is 29.6 Å². The standard InChI is InChI=1S/C20H25N5O/c1-13-9-17-18(10-14(13)2)24-19(23-17)12-22-20(26)25(4)15(3)11-16-7-5-6-8-21-16/h5-10,15H,11-12H2,1-4H3,(H,22,26)(H,23,24). The zero-order chi connectivity index (χ0) is 18.7. The second-order valence-corrected chi connectivity index (χ2v) is 6.78. The highest BCUT2D eigenvalue weighted by Gasteiger charge is 2.17. The van der Waals surface area contributed by atoms with Gasteiger partial charge in [-0.25, -0.2) is 9.78 Å². The van der Waals surface area contributed by atoms with Gasteiger partial charge in [0.25, 0.3) is 0 Å². The van der Waals surface area contributed by atoms with Gasteiger partial charge in [0.05, 0.1) is 17.6 Å². The number of aromatic amines is 1. The van der Waals surface area contributed by atoms with E-state index in [-0.39, 0.29) is 12.1 Å². The molecule has 6 heteroatoms. The summed E-state index contributed by atoms with van der Waals surface area (Å²) in [5, 5.41) is 2.93. The first-order valence-corrected chi connectivity index (χ1v) is 8.80. The van der Waals surface area contributed by atoms with Crippen molar-refractivity contribution in [3.05, 3.63) is 59.2 Å². The first-order chi connectivity index (χ1) is 12.4. The fourth-order valence-electron chi connectivity index (χ4n) is 2.85. The molecular weight excluding hydrogens is 326 g/mol. The molecule has 0 spiro atoms. The van der Waals surface area contributed by atoms with Crippen LogP contribution in [-0.4, -0.2) is 39.0 Å². The van der Waals surface area contributed by atoms with Crippen molar-refractivity contribution in [1.82, 2.24) is 25.2 Å². The number of aromatic nitrogens is 3. The van der Waals surface area contributed by atoms with Gasteiger partial charge in [0, 0.05) is 31.4 Å². The molecule has 0 fully saturated rings. The van der Waals surface area contributed by atoms with E-state index in [0.717, 1.165) is 22.6 Å². The number of fused-ring (bicyclic) bond motifs is 1. The van der Waals surface area contributed by atoms with Gasteiger partial charge in [-0.3, -0.25) is 4.98 Å². The van der Waals surface area contributed by atoms with Gasteiger partial charge in [0.15, 0.2) is 0 Å². The Kier molecular flexibility index (Phi) is 5.21. The number of nitrogens with one attached hydrogen (secondary N) is 2. The number of hydrogen-bond acceptors (Lipinski definition) is 3. The van der Waals surface area contributed by atoms with Gasteiger partial charge < -0.3 is 15.2 Å². The summed E-state index contributed by atoms with van der Waals surface area (Å²) < 4.78 is 0. The molecule has 1 atom stereocenters. The number of likely N-dealkylation sites (N-methyl/N-ethyl adjacent to an activating group) is 1. The van der Waals surface area contributed by atoms with E-state index in [4.69, 9.17) is 0 Å². The molecule has 26 heavy (non-hydrogen) atoms. The molecule has 1 unspecified atom stereocenters. The Hall–Kier alpha value is -2.89. The predicted molar refractivity (Wildman–Crippen MR) is 103 cm³/mol. The molecule has 0 aliphatic rings. The zero-order valence-electron chi connectivity index (χ0n) is 15.7. The molecule has 0 saturated heterocycles. The maximum atomic E-state index is 12.4. The summed E-state index contributed by atoms with van der Waals surface area (Å²) >= 11 is 0. The normalized spacial score (nSPS) is 12.2. The highest BCUT2D eigenvalue weighted by molar-refractivity contribution is 5.77. The Morgan fingerprint density at radius 1 is 1.27 bits per heavy atom. The highest BCUT2D eigenvalue weighted by atomic mass is 16.2. The van der Waals surface area contributed by atoms with Gasteiger partial charge in [-0.05, 0) is 56.2 Å². The van der Waals surface area contributed by atoms with Crippen molar-refractivity contribution >= 4 is 17.1 Å². The molecule has 6 nitrogen and oxygen atoms in total. The average molecular weight is 351 g/mol. The number of amides is 2. The second-order valence-electron chi connectivity index (χ2n) is 6.78. The predicted octanol–water partition coefficient (Wildman–Crippen LogP) is 3.35. The topological polar surface area (TPSA) is 73.9 Å². The van der Waals surface area contributed by atoms with Crippen LogP contribution in [0.4, 0.5) is 4.79 Å². The lowest BCUT2D eigenvalue weighted by Gasteiger charge is -2.24. The van der Waals surface area contributed by atoms with Crippen LogP contribution >= 0.6 is 0 Å². The lowest BCUT2D eigenvalue weighted by molar-refractivity contribution is 0.193. The lowest BCUT2D eigenvalue weighted by Crippen LogP contribution is -2.43. The van der Waals surface area contributed by atoms with Crippen LogP contribution in [-0.2, 0) is 13.0 Å². The summed E-state index contributed by atoms with van der Waals surface area (Å²) in [5.74, 6) is 0.754. The SMILES string of the molecule is Cc1cc2nc(CNC(=O)N(C)C(C)Cc3ccccn3)[nH]c2cc1C. The van der Waals surface area contributed by atoms with Crippen LogP contribution in [0.5, 0.6) is 0 Å². The fourth-order valence-corrected chi connectivity index (χ4v) is 2.85. The third kappa shape index (κ3) is 4.02. The number of H-pyrrole nitrogens is 1. The molecule has 0 radical (unpaired) electrons. The van der Waals surface area contributed by atoms with Crippen LogP contribution in [0.2, 0.25) is 0 Å². The van der Waals surface area contributed by atoms with Crippen molar-refractivity contribution in [2.24, 2.45) is 0 Å². The van der Waals surface area contributed by atoms with Crippen molar-refractivity contribution in [2.45, 2.75) is 39.8 Å². The Morgan fingerprint density at radius 3 is 2.77 bits per heavy atom. The number of pyridine rings is 1. The summed E-state index contributed by atoms with van der Waals surface area (Å²) in [6, 6.07) is 9.89. The Morgan fingerprint density at radius 2 is 2.04 bits per heavy atom. The van der Waals surface area contributed by atoms with Crippen LogP contribution in [0.25, 0.3) is 11.0 Å². The molecule has 2 aromatic heterocycles. The number of aryl methyl sites for hydroxylation is 2. The Bertz CT molecular complexity index is 864. The Labute approximate surface area is 153 Å². The first kappa shape index (κ1) is 17.9. The molecule has 0 aliphatic heterocycles. The van der Waals surface area contributed by atoms with Crippen molar-refractivity contribution in [1.29, 1.82) is 0 Å². The van der Waals surface area contributed by atoms with Crippen LogP contribution in [0.3, 0.4) is 0 Å². The largest absolute Gasteiger partial charge is 0.340 e. The molecule has 3 rings (SSSR count). The summed E-state index contributed by atoms with van der Waals surface area (Å²) in [4.78, 5) is 26.3. The summed E-state index contributed by atoms with van der Waals surface area (Å²) in [6.45, 7) is 6.53. The molecule has 1 aromatic carbocycles. The molecule has 0 aliphatic carbocycles. The van der Waals surface area contributed by atoms with Crippen LogP contribution < -0.4 is 5.32 Å².